The molecule has 3 rings (SSSR count). The van der Waals surface area contributed by atoms with Crippen molar-refractivity contribution in [2.45, 2.75) is 77.4 Å². The van der Waals surface area contributed by atoms with Gasteiger partial charge in [0.2, 0.25) is 11.9 Å². The van der Waals surface area contributed by atoms with Gasteiger partial charge in [-0.2, -0.15) is 4.98 Å². The Kier molecular flexibility index (Phi) is 10.8. The first-order valence-electron chi connectivity index (χ1n) is 13.3. The summed E-state index contributed by atoms with van der Waals surface area (Å²) in [6.45, 7) is 7.26. The van der Waals surface area contributed by atoms with Crippen molar-refractivity contribution in [3.05, 3.63) is 30.1 Å². The van der Waals surface area contributed by atoms with Crippen LogP contribution in [0.1, 0.15) is 76.1 Å². The average Bonchev–Trinajstić information content (AvgIpc) is 2.88. The number of hydrogen-bond donors (Lipinski definition) is 4. The van der Waals surface area contributed by atoms with E-state index in [0.717, 1.165) is 50.5 Å². The van der Waals surface area contributed by atoms with Crippen molar-refractivity contribution in [3.63, 3.8) is 0 Å². The van der Waals surface area contributed by atoms with E-state index >= 15 is 0 Å². The number of aldehydes is 1. The van der Waals surface area contributed by atoms with Crippen LogP contribution in [0.25, 0.3) is 11.3 Å². The van der Waals surface area contributed by atoms with Crippen LogP contribution >= 0.6 is 0 Å². The summed E-state index contributed by atoms with van der Waals surface area (Å²) in [4.78, 5) is 49.7. The third kappa shape index (κ3) is 9.60. The Morgan fingerprint density at radius 3 is 2.37 bits per heavy atom. The quantitative estimate of drug-likeness (QED) is 0.438. The van der Waals surface area contributed by atoms with E-state index in [9.17, 15) is 14.4 Å². The van der Waals surface area contributed by atoms with Crippen LogP contribution in [0.5, 0.6) is 0 Å². The third-order valence-electron chi connectivity index (χ3n) is 5.89. The Bertz CT molecular complexity index is 1070. The number of carbonyl (C=O) groups excluding carboxylic acids is 3. The summed E-state index contributed by atoms with van der Waals surface area (Å²) < 4.78 is 5.36. The number of pyridine rings is 1. The third-order valence-corrected chi connectivity index (χ3v) is 5.89. The van der Waals surface area contributed by atoms with Crippen molar-refractivity contribution in [1.82, 2.24) is 25.6 Å². The topological polar surface area (TPSA) is 147 Å². The predicted octanol–water partition coefficient (Wildman–Crippen LogP) is 3.93. The van der Waals surface area contributed by atoms with E-state index < -0.39 is 17.7 Å². The molecule has 0 saturated carbocycles. The fourth-order valence-corrected chi connectivity index (χ4v) is 3.96. The van der Waals surface area contributed by atoms with Crippen molar-refractivity contribution < 1.29 is 19.1 Å². The lowest BCUT2D eigenvalue weighted by Crippen LogP contribution is -2.48. The molecule has 0 unspecified atom stereocenters. The molecule has 1 aliphatic heterocycles. The van der Waals surface area contributed by atoms with Crippen LogP contribution in [0, 0.1) is 0 Å². The molecule has 38 heavy (non-hydrogen) atoms. The van der Waals surface area contributed by atoms with Gasteiger partial charge in [-0.3, -0.25) is 14.6 Å². The summed E-state index contributed by atoms with van der Waals surface area (Å²) in [5, 5.41) is 12.3. The molecule has 4 N–H and O–H groups in total. The summed E-state index contributed by atoms with van der Waals surface area (Å²) in [5.74, 6) is 0.978. The van der Waals surface area contributed by atoms with Crippen LogP contribution in [0.4, 0.5) is 16.6 Å². The van der Waals surface area contributed by atoms with Crippen LogP contribution in [0.3, 0.4) is 0 Å². The second-order valence-electron chi connectivity index (χ2n) is 10.3. The molecular weight excluding hydrogens is 486 g/mol. The highest BCUT2D eigenvalue weighted by Crippen LogP contribution is 2.25. The number of hydrogen-bond acceptors (Lipinski definition) is 9. The Morgan fingerprint density at radius 1 is 0.974 bits per heavy atom. The molecule has 2 aromatic heterocycles. The maximum absolute atomic E-state index is 12.8. The van der Waals surface area contributed by atoms with Gasteiger partial charge in [0, 0.05) is 37.6 Å². The maximum atomic E-state index is 12.8. The van der Waals surface area contributed by atoms with Gasteiger partial charge < -0.3 is 26.0 Å². The molecule has 2 bridgehead atoms. The molecule has 0 spiro atoms. The first kappa shape index (κ1) is 28.8. The van der Waals surface area contributed by atoms with E-state index in [1.807, 2.05) is 0 Å². The highest BCUT2D eigenvalue weighted by molar-refractivity contribution is 5.85. The molecule has 11 heteroatoms. The van der Waals surface area contributed by atoms with Gasteiger partial charge in [0.05, 0.1) is 11.3 Å². The number of nitrogens with one attached hydrogen (secondary N) is 4. The van der Waals surface area contributed by atoms with E-state index in [2.05, 4.69) is 36.2 Å². The number of amides is 2. The summed E-state index contributed by atoms with van der Waals surface area (Å²) in [5.41, 5.74) is 1.23. The number of aromatic nitrogens is 3. The van der Waals surface area contributed by atoms with Gasteiger partial charge >= 0.3 is 6.09 Å². The number of carbonyl (C=O) groups is 3. The first-order chi connectivity index (χ1) is 18.2. The average molecular weight is 526 g/mol. The zero-order valence-corrected chi connectivity index (χ0v) is 22.5. The molecule has 2 aromatic rings. The maximum Gasteiger partial charge on any atom is 0.408 e. The second kappa shape index (κ2) is 14.3. The normalized spacial score (nSPS) is 18.0. The van der Waals surface area contributed by atoms with Crippen LogP contribution in [-0.2, 0) is 9.53 Å². The molecule has 0 saturated heterocycles. The Morgan fingerprint density at radius 2 is 1.68 bits per heavy atom. The lowest BCUT2D eigenvalue weighted by Gasteiger charge is -2.23. The van der Waals surface area contributed by atoms with E-state index in [1.54, 1.807) is 39.1 Å². The smallest absolute Gasteiger partial charge is 0.408 e. The molecule has 0 aliphatic carbocycles. The van der Waals surface area contributed by atoms with E-state index in [4.69, 9.17) is 4.74 Å². The van der Waals surface area contributed by atoms with Crippen molar-refractivity contribution in [1.29, 1.82) is 0 Å². The fraction of sp³-hybridized carbons (Fsp3) is 0.556. The van der Waals surface area contributed by atoms with Gasteiger partial charge in [0.1, 0.15) is 17.5 Å². The lowest BCUT2D eigenvalue weighted by atomic mass is 10.1. The molecule has 206 valence electrons. The zero-order chi connectivity index (χ0) is 27.4. The molecule has 0 radical (unpaired) electrons. The summed E-state index contributed by atoms with van der Waals surface area (Å²) in [6.07, 6.45) is 9.09. The zero-order valence-electron chi connectivity index (χ0n) is 22.5. The lowest BCUT2D eigenvalue weighted by molar-refractivity contribution is -0.123. The molecule has 0 aromatic carbocycles. The summed E-state index contributed by atoms with van der Waals surface area (Å²) in [7, 11) is 0. The van der Waals surface area contributed by atoms with Crippen LogP contribution < -0.4 is 21.3 Å². The van der Waals surface area contributed by atoms with Gasteiger partial charge in [-0.05, 0) is 65.0 Å². The van der Waals surface area contributed by atoms with Gasteiger partial charge in [-0.15, -0.1) is 0 Å². The standard InChI is InChI=1S/C27H39N7O4/c1-27(2,3)38-26(37)33-22-10-6-9-13-28-23-20(21-12-11-19(18-35)16-31-21)17-32-25(34-23)30-15-8-5-4-7-14-29-24(22)36/h11-12,16-18,22H,4-10,13-15H2,1-3H3,(H,29,36)(H,33,37)(H2,28,30,32,34)/t22-/m0/s1. The van der Waals surface area contributed by atoms with E-state index in [1.165, 1.54) is 6.20 Å². The molecule has 1 atom stereocenters. The Balaban J connectivity index is 1.71. The van der Waals surface area contributed by atoms with Crippen molar-refractivity contribution in [2.75, 3.05) is 30.3 Å². The molecular formula is C27H39N7O4. The fourth-order valence-electron chi connectivity index (χ4n) is 3.96. The number of anilines is 2. The predicted molar refractivity (Wildman–Crippen MR) is 146 cm³/mol. The molecule has 1 aliphatic rings. The Labute approximate surface area is 224 Å². The highest BCUT2D eigenvalue weighted by atomic mass is 16.6. The first-order valence-corrected chi connectivity index (χ1v) is 13.3. The highest BCUT2D eigenvalue weighted by Gasteiger charge is 2.24. The summed E-state index contributed by atoms with van der Waals surface area (Å²) in [6, 6.07) is 2.80. The summed E-state index contributed by atoms with van der Waals surface area (Å²) >= 11 is 0. The monoisotopic (exact) mass is 525 g/mol. The molecule has 0 fully saturated rings. The van der Waals surface area contributed by atoms with Crippen LogP contribution in [-0.4, -0.2) is 64.5 Å². The molecule has 2 amide bonds. The minimum absolute atomic E-state index is 0.195. The van der Waals surface area contributed by atoms with Crippen molar-refractivity contribution in [3.8, 4) is 11.3 Å². The number of ether oxygens (including phenoxy) is 1. The number of alkyl carbamates (subject to hydrolysis) is 1. The molecule has 11 nitrogen and oxygen atoms in total. The van der Waals surface area contributed by atoms with Gasteiger partial charge in [0.15, 0.2) is 6.29 Å². The SMILES string of the molecule is CC(C)(C)OC(=O)N[C@H]1CCCCNc2nc(ncc2-c2ccc(C=O)cn2)NCCCCCCNC1=O. The van der Waals surface area contributed by atoms with E-state index in [0.29, 0.717) is 49.0 Å². The largest absolute Gasteiger partial charge is 0.444 e. The number of nitrogens with zero attached hydrogens (tertiary/aromatic N) is 3. The van der Waals surface area contributed by atoms with Crippen molar-refractivity contribution in [2.24, 2.45) is 0 Å². The second-order valence-corrected chi connectivity index (χ2v) is 10.3. The number of rotatable bonds is 3. The minimum atomic E-state index is -0.672. The van der Waals surface area contributed by atoms with Gasteiger partial charge in [-0.25, -0.2) is 9.78 Å². The van der Waals surface area contributed by atoms with Gasteiger partial charge in [-0.1, -0.05) is 12.8 Å². The number of fused-ring (bicyclic) bond motifs is 2. The Hall–Kier alpha value is -3.76. The molecule has 3 heterocycles. The van der Waals surface area contributed by atoms with E-state index in [-0.39, 0.29) is 5.91 Å². The van der Waals surface area contributed by atoms with Crippen LogP contribution in [0.2, 0.25) is 0 Å². The van der Waals surface area contributed by atoms with Crippen LogP contribution in [0.15, 0.2) is 24.5 Å². The van der Waals surface area contributed by atoms with Crippen molar-refractivity contribution >= 4 is 30.1 Å². The van der Waals surface area contributed by atoms with Gasteiger partial charge in [0.25, 0.3) is 0 Å². The minimum Gasteiger partial charge on any atom is -0.444 e.